The maximum Gasteiger partial charge on any atom is 0.309 e. The summed E-state index contributed by atoms with van der Waals surface area (Å²) in [5.74, 6) is -0.893. The molecular weight excluding hydrogens is 350 g/mol. The van der Waals surface area contributed by atoms with Gasteiger partial charge < -0.3 is 4.74 Å². The Bertz CT molecular complexity index is 670. The van der Waals surface area contributed by atoms with Crippen molar-refractivity contribution in [1.29, 1.82) is 0 Å². The molecule has 1 amide bonds. The van der Waals surface area contributed by atoms with Crippen LogP contribution in [-0.2, 0) is 30.8 Å². The highest BCUT2D eigenvalue weighted by Gasteiger charge is 2.38. The standard InChI is InChI=1S/C12H12BrNO5S/c1-19-12(16)5-7-2-3-8(9(13)4-7)10-6-11(15)14-20(10,17)18/h2-4,10H,5-6H2,1H3,(H,14,15)/t10-/m0/s1. The van der Waals surface area contributed by atoms with E-state index in [0.29, 0.717) is 15.6 Å². The molecule has 0 bridgehead atoms. The molecule has 1 aromatic carbocycles. The van der Waals surface area contributed by atoms with Crippen molar-refractivity contribution in [3.63, 3.8) is 0 Å². The number of amides is 1. The summed E-state index contributed by atoms with van der Waals surface area (Å²) in [6.07, 6.45) is 0.00125. The van der Waals surface area contributed by atoms with Crippen LogP contribution in [0, 0.1) is 0 Å². The second-order valence-corrected chi connectivity index (χ2v) is 7.09. The van der Waals surface area contributed by atoms with Crippen LogP contribution in [0.15, 0.2) is 22.7 Å². The predicted octanol–water partition coefficient (Wildman–Crippen LogP) is 1.06. The first-order valence-corrected chi connectivity index (χ1v) is 8.07. The molecule has 20 heavy (non-hydrogen) atoms. The van der Waals surface area contributed by atoms with Crippen molar-refractivity contribution in [2.45, 2.75) is 18.1 Å². The molecular formula is C12H12BrNO5S. The minimum atomic E-state index is -3.67. The summed E-state index contributed by atoms with van der Waals surface area (Å²) in [6.45, 7) is 0. The number of sulfonamides is 1. The van der Waals surface area contributed by atoms with Crippen molar-refractivity contribution in [2.24, 2.45) is 0 Å². The van der Waals surface area contributed by atoms with Gasteiger partial charge in [0.15, 0.2) is 0 Å². The molecule has 0 saturated carbocycles. The molecule has 1 heterocycles. The maximum absolute atomic E-state index is 11.8. The van der Waals surface area contributed by atoms with Crippen LogP contribution in [0.5, 0.6) is 0 Å². The summed E-state index contributed by atoms with van der Waals surface area (Å²) in [5, 5.41) is -0.906. The fourth-order valence-corrected chi connectivity index (χ4v) is 4.31. The predicted molar refractivity (Wildman–Crippen MR) is 74.3 cm³/mol. The van der Waals surface area contributed by atoms with Crippen LogP contribution in [0.25, 0.3) is 0 Å². The number of carbonyl (C=O) groups excluding carboxylic acids is 2. The monoisotopic (exact) mass is 361 g/mol. The Hall–Kier alpha value is -1.41. The molecule has 1 fully saturated rings. The van der Waals surface area contributed by atoms with E-state index >= 15 is 0 Å². The highest BCUT2D eigenvalue weighted by atomic mass is 79.9. The lowest BCUT2D eigenvalue weighted by atomic mass is 10.1. The number of esters is 1. The van der Waals surface area contributed by atoms with Crippen LogP contribution in [-0.4, -0.2) is 27.4 Å². The first-order valence-electron chi connectivity index (χ1n) is 5.73. The summed E-state index contributed by atoms with van der Waals surface area (Å²) in [7, 11) is -2.37. The van der Waals surface area contributed by atoms with Crippen molar-refractivity contribution < 1.29 is 22.7 Å². The molecule has 2 rings (SSSR count). The van der Waals surface area contributed by atoms with Gasteiger partial charge in [-0.25, -0.2) is 8.42 Å². The average Bonchev–Trinajstić information content (AvgIpc) is 2.62. The van der Waals surface area contributed by atoms with Crippen LogP contribution < -0.4 is 4.72 Å². The minimum absolute atomic E-state index is 0.0999. The number of hydrogen-bond donors (Lipinski definition) is 1. The van der Waals surface area contributed by atoms with Crippen LogP contribution >= 0.6 is 15.9 Å². The molecule has 6 nitrogen and oxygen atoms in total. The van der Waals surface area contributed by atoms with Gasteiger partial charge in [-0.15, -0.1) is 0 Å². The van der Waals surface area contributed by atoms with Crippen molar-refractivity contribution in [3.8, 4) is 0 Å². The molecule has 0 unspecified atom stereocenters. The number of ether oxygens (including phenoxy) is 1. The summed E-state index contributed by atoms with van der Waals surface area (Å²) in [5.41, 5.74) is 1.19. The highest BCUT2D eigenvalue weighted by molar-refractivity contribution is 9.10. The molecule has 1 saturated heterocycles. The largest absolute Gasteiger partial charge is 0.469 e. The van der Waals surface area contributed by atoms with E-state index in [1.807, 2.05) is 4.72 Å². The molecule has 8 heteroatoms. The first kappa shape index (κ1) is 15.0. The van der Waals surface area contributed by atoms with Gasteiger partial charge in [-0.3, -0.25) is 14.3 Å². The minimum Gasteiger partial charge on any atom is -0.469 e. The number of benzene rings is 1. The number of carbonyl (C=O) groups is 2. The molecule has 0 radical (unpaired) electrons. The topological polar surface area (TPSA) is 89.5 Å². The van der Waals surface area contributed by atoms with E-state index in [1.165, 1.54) is 7.11 Å². The molecule has 1 aliphatic heterocycles. The zero-order chi connectivity index (χ0) is 14.9. The molecule has 0 aliphatic carbocycles. The lowest BCUT2D eigenvalue weighted by molar-refractivity contribution is -0.139. The van der Waals surface area contributed by atoms with Crippen molar-refractivity contribution in [2.75, 3.05) is 7.11 Å². The first-order chi connectivity index (χ1) is 9.33. The Balaban J connectivity index is 2.31. The van der Waals surface area contributed by atoms with Gasteiger partial charge in [0.2, 0.25) is 15.9 Å². The number of hydrogen-bond acceptors (Lipinski definition) is 5. The van der Waals surface area contributed by atoms with Gasteiger partial charge >= 0.3 is 5.97 Å². The molecule has 1 aromatic rings. The number of methoxy groups -OCH3 is 1. The van der Waals surface area contributed by atoms with Crippen molar-refractivity contribution in [3.05, 3.63) is 33.8 Å². The van der Waals surface area contributed by atoms with Crippen LogP contribution in [0.2, 0.25) is 0 Å². The fraction of sp³-hybridized carbons (Fsp3) is 0.333. The van der Waals surface area contributed by atoms with Gasteiger partial charge in [0.25, 0.3) is 0 Å². The highest BCUT2D eigenvalue weighted by Crippen LogP contribution is 2.35. The summed E-state index contributed by atoms with van der Waals surface area (Å²) in [4.78, 5) is 22.4. The quantitative estimate of drug-likeness (QED) is 0.812. The summed E-state index contributed by atoms with van der Waals surface area (Å²) >= 11 is 3.28. The Morgan fingerprint density at radius 2 is 2.20 bits per heavy atom. The SMILES string of the molecule is COC(=O)Cc1ccc([C@@H]2CC(=O)NS2(=O)=O)c(Br)c1. The fourth-order valence-electron chi connectivity index (χ4n) is 2.01. The summed E-state index contributed by atoms with van der Waals surface area (Å²) in [6, 6.07) is 4.91. The molecule has 1 aliphatic rings. The smallest absolute Gasteiger partial charge is 0.309 e. The van der Waals surface area contributed by atoms with Crippen LogP contribution in [0.4, 0.5) is 0 Å². The zero-order valence-electron chi connectivity index (χ0n) is 10.6. The zero-order valence-corrected chi connectivity index (χ0v) is 13.0. The van der Waals surface area contributed by atoms with Gasteiger partial charge in [0, 0.05) is 4.47 Å². The van der Waals surface area contributed by atoms with E-state index in [4.69, 9.17) is 0 Å². The van der Waals surface area contributed by atoms with E-state index in [0.717, 1.165) is 0 Å². The third kappa shape index (κ3) is 3.01. The lowest BCUT2D eigenvalue weighted by Gasteiger charge is -2.11. The molecule has 0 spiro atoms. The van der Waals surface area contributed by atoms with Gasteiger partial charge in [-0.05, 0) is 17.2 Å². The number of rotatable bonds is 3. The van der Waals surface area contributed by atoms with Gasteiger partial charge in [-0.2, -0.15) is 0 Å². The van der Waals surface area contributed by atoms with Gasteiger partial charge in [0.1, 0.15) is 5.25 Å². The second-order valence-electron chi connectivity index (χ2n) is 4.37. The molecule has 108 valence electrons. The van der Waals surface area contributed by atoms with Crippen LogP contribution in [0.1, 0.15) is 22.8 Å². The number of nitrogens with one attached hydrogen (secondary N) is 1. The van der Waals surface area contributed by atoms with Gasteiger partial charge in [-0.1, -0.05) is 28.1 Å². The van der Waals surface area contributed by atoms with E-state index in [9.17, 15) is 18.0 Å². The molecule has 1 N–H and O–H groups in total. The second kappa shape index (κ2) is 5.53. The Labute approximate surface area is 124 Å². The normalized spacial score (nSPS) is 20.5. The van der Waals surface area contributed by atoms with E-state index in [-0.39, 0.29) is 18.8 Å². The Kier molecular flexibility index (Phi) is 4.14. The maximum atomic E-state index is 11.8. The lowest BCUT2D eigenvalue weighted by Crippen LogP contribution is -2.21. The Morgan fingerprint density at radius 3 is 2.70 bits per heavy atom. The third-order valence-electron chi connectivity index (χ3n) is 2.99. The summed E-state index contributed by atoms with van der Waals surface area (Å²) < 4.78 is 30.7. The number of halogens is 1. The third-order valence-corrected chi connectivity index (χ3v) is 5.36. The van der Waals surface area contributed by atoms with E-state index in [1.54, 1.807) is 18.2 Å². The van der Waals surface area contributed by atoms with Gasteiger partial charge in [0.05, 0.1) is 20.0 Å². The molecule has 0 aromatic heterocycles. The van der Waals surface area contributed by atoms with Crippen molar-refractivity contribution in [1.82, 2.24) is 4.72 Å². The van der Waals surface area contributed by atoms with E-state index in [2.05, 4.69) is 20.7 Å². The average molecular weight is 362 g/mol. The van der Waals surface area contributed by atoms with Crippen LogP contribution in [0.3, 0.4) is 0 Å². The van der Waals surface area contributed by atoms with E-state index < -0.39 is 21.2 Å². The molecule has 1 atom stereocenters. The Morgan fingerprint density at radius 1 is 1.50 bits per heavy atom. The van der Waals surface area contributed by atoms with Crippen molar-refractivity contribution >= 4 is 37.8 Å².